The van der Waals surface area contributed by atoms with Gasteiger partial charge in [-0.3, -0.25) is 0 Å². The minimum absolute atomic E-state index is 0.886. The highest BCUT2D eigenvalue weighted by Crippen LogP contribution is 2.20. The predicted octanol–water partition coefficient (Wildman–Crippen LogP) is 3.88. The molecule has 0 unspecified atom stereocenters. The van der Waals surface area contributed by atoms with Gasteiger partial charge in [0, 0.05) is 31.2 Å². The molecule has 0 saturated heterocycles. The van der Waals surface area contributed by atoms with Crippen LogP contribution in [-0.4, -0.2) is 30.1 Å². The molecule has 0 atom stereocenters. The number of fused-ring (bicyclic) bond motifs is 1. The fourth-order valence-electron chi connectivity index (χ4n) is 2.65. The molecular formula is C19H22N4. The van der Waals surface area contributed by atoms with Crippen molar-refractivity contribution in [2.45, 2.75) is 13.3 Å². The molecule has 0 aliphatic carbocycles. The Labute approximate surface area is 137 Å². The number of nitrogens with zero attached hydrogens (tertiary/aromatic N) is 3. The van der Waals surface area contributed by atoms with Gasteiger partial charge in [0.2, 0.25) is 0 Å². The van der Waals surface area contributed by atoms with Gasteiger partial charge in [-0.2, -0.15) is 0 Å². The molecule has 0 bridgehead atoms. The van der Waals surface area contributed by atoms with Crippen LogP contribution in [0.1, 0.15) is 12.0 Å². The second-order valence-electron chi connectivity index (χ2n) is 5.78. The van der Waals surface area contributed by atoms with Crippen LogP contribution in [0.15, 0.2) is 54.9 Å². The molecule has 0 spiro atoms. The van der Waals surface area contributed by atoms with Gasteiger partial charge in [-0.15, -0.1) is 0 Å². The molecule has 0 radical (unpaired) electrons. The van der Waals surface area contributed by atoms with Gasteiger partial charge in [0.15, 0.2) is 0 Å². The van der Waals surface area contributed by atoms with E-state index in [1.165, 1.54) is 11.3 Å². The number of hydrogen-bond acceptors (Lipinski definition) is 4. The topological polar surface area (TPSA) is 41.1 Å². The largest absolute Gasteiger partial charge is 0.375 e. The van der Waals surface area contributed by atoms with E-state index in [4.69, 9.17) is 0 Å². The number of hydrogen-bond donors (Lipinski definition) is 1. The van der Waals surface area contributed by atoms with Crippen LogP contribution in [0.3, 0.4) is 0 Å². The van der Waals surface area contributed by atoms with Crippen LogP contribution in [0.2, 0.25) is 0 Å². The zero-order valence-corrected chi connectivity index (χ0v) is 13.7. The molecule has 1 aromatic heterocycles. The first kappa shape index (κ1) is 15.3. The highest BCUT2D eigenvalue weighted by molar-refractivity contribution is 5.89. The molecular weight excluding hydrogens is 284 g/mol. The Kier molecular flexibility index (Phi) is 4.71. The molecule has 23 heavy (non-hydrogen) atoms. The number of nitrogens with one attached hydrogen (secondary N) is 1. The summed E-state index contributed by atoms with van der Waals surface area (Å²) in [6.07, 6.45) is 2.67. The maximum Gasteiger partial charge on any atom is 0.137 e. The summed E-state index contributed by atoms with van der Waals surface area (Å²) in [4.78, 5) is 11.0. The molecule has 4 nitrogen and oxygen atoms in total. The lowest BCUT2D eigenvalue weighted by Gasteiger charge is -2.19. The van der Waals surface area contributed by atoms with Crippen molar-refractivity contribution < 1.29 is 0 Å². The van der Waals surface area contributed by atoms with E-state index in [2.05, 4.69) is 70.6 Å². The van der Waals surface area contributed by atoms with Gasteiger partial charge >= 0.3 is 0 Å². The Bertz CT molecular complexity index is 771. The fraction of sp³-hybridized carbons (Fsp3) is 0.263. The van der Waals surface area contributed by atoms with Crippen molar-refractivity contribution in [1.29, 1.82) is 0 Å². The molecule has 0 amide bonds. The molecule has 2 aromatic carbocycles. The maximum absolute atomic E-state index is 4.39. The van der Waals surface area contributed by atoms with Gasteiger partial charge in [0.25, 0.3) is 0 Å². The summed E-state index contributed by atoms with van der Waals surface area (Å²) >= 11 is 0. The first-order valence-corrected chi connectivity index (χ1v) is 7.95. The van der Waals surface area contributed by atoms with Crippen LogP contribution >= 0.6 is 0 Å². The maximum atomic E-state index is 4.39. The lowest BCUT2D eigenvalue weighted by molar-refractivity contribution is 0.814. The molecule has 3 aromatic rings. The molecule has 1 heterocycles. The molecule has 4 heteroatoms. The Morgan fingerprint density at radius 3 is 2.70 bits per heavy atom. The summed E-state index contributed by atoms with van der Waals surface area (Å²) in [5, 5.41) is 4.53. The predicted molar refractivity (Wildman–Crippen MR) is 97.1 cm³/mol. The number of benzene rings is 2. The van der Waals surface area contributed by atoms with E-state index in [1.54, 1.807) is 6.33 Å². The summed E-state index contributed by atoms with van der Waals surface area (Å²) < 4.78 is 0. The Balaban J connectivity index is 1.58. The Hall–Kier alpha value is -2.62. The number of rotatable bonds is 6. The van der Waals surface area contributed by atoms with Crippen molar-refractivity contribution in [3.8, 4) is 0 Å². The zero-order valence-electron chi connectivity index (χ0n) is 13.7. The lowest BCUT2D eigenvalue weighted by atomic mass is 10.1. The van der Waals surface area contributed by atoms with Crippen LogP contribution < -0.4 is 10.2 Å². The SMILES string of the molecule is Cc1ccc2ncnc(NCCCN(C)c3ccccc3)c2c1. The van der Waals surface area contributed by atoms with E-state index >= 15 is 0 Å². The van der Waals surface area contributed by atoms with Crippen molar-refractivity contribution in [2.75, 3.05) is 30.4 Å². The highest BCUT2D eigenvalue weighted by atomic mass is 15.1. The molecule has 0 fully saturated rings. The van der Waals surface area contributed by atoms with Crippen molar-refractivity contribution in [2.24, 2.45) is 0 Å². The highest BCUT2D eigenvalue weighted by Gasteiger charge is 2.04. The van der Waals surface area contributed by atoms with E-state index in [0.29, 0.717) is 0 Å². The van der Waals surface area contributed by atoms with E-state index in [9.17, 15) is 0 Å². The summed E-state index contributed by atoms with van der Waals surface area (Å²) in [5.41, 5.74) is 3.45. The van der Waals surface area contributed by atoms with Crippen LogP contribution in [0, 0.1) is 6.92 Å². The van der Waals surface area contributed by atoms with Gasteiger partial charge in [0.05, 0.1) is 5.52 Å². The summed E-state index contributed by atoms with van der Waals surface area (Å²) in [6.45, 7) is 3.97. The fourth-order valence-corrected chi connectivity index (χ4v) is 2.65. The van der Waals surface area contributed by atoms with Crippen LogP contribution in [0.25, 0.3) is 10.9 Å². The number of para-hydroxylation sites is 1. The normalized spacial score (nSPS) is 10.7. The van der Waals surface area contributed by atoms with Crippen LogP contribution in [0.4, 0.5) is 11.5 Å². The van der Waals surface area contributed by atoms with Gasteiger partial charge in [-0.05, 0) is 37.6 Å². The Morgan fingerprint density at radius 2 is 1.87 bits per heavy atom. The minimum Gasteiger partial charge on any atom is -0.375 e. The minimum atomic E-state index is 0.886. The van der Waals surface area contributed by atoms with E-state index in [1.807, 2.05) is 12.1 Å². The zero-order chi connectivity index (χ0) is 16.1. The van der Waals surface area contributed by atoms with Crippen molar-refractivity contribution in [1.82, 2.24) is 9.97 Å². The third kappa shape index (κ3) is 3.77. The van der Waals surface area contributed by atoms with Crippen LogP contribution in [-0.2, 0) is 0 Å². The van der Waals surface area contributed by atoms with Crippen molar-refractivity contribution >= 4 is 22.4 Å². The smallest absolute Gasteiger partial charge is 0.137 e. The van der Waals surface area contributed by atoms with Crippen molar-refractivity contribution in [3.63, 3.8) is 0 Å². The molecule has 0 saturated carbocycles. The first-order valence-electron chi connectivity index (χ1n) is 7.95. The summed E-state index contributed by atoms with van der Waals surface area (Å²) in [5.74, 6) is 0.918. The second kappa shape index (κ2) is 7.09. The van der Waals surface area contributed by atoms with E-state index < -0.39 is 0 Å². The third-order valence-electron chi connectivity index (χ3n) is 3.95. The average molecular weight is 306 g/mol. The first-order chi connectivity index (χ1) is 11.2. The number of aromatic nitrogens is 2. The monoisotopic (exact) mass is 306 g/mol. The lowest BCUT2D eigenvalue weighted by Crippen LogP contribution is -2.20. The van der Waals surface area contributed by atoms with Gasteiger partial charge in [0.1, 0.15) is 12.1 Å². The number of anilines is 2. The quantitative estimate of drug-likeness (QED) is 0.702. The Morgan fingerprint density at radius 1 is 1.04 bits per heavy atom. The van der Waals surface area contributed by atoms with Crippen LogP contribution in [0.5, 0.6) is 0 Å². The van der Waals surface area contributed by atoms with Gasteiger partial charge in [-0.1, -0.05) is 29.8 Å². The third-order valence-corrected chi connectivity index (χ3v) is 3.95. The number of aryl methyl sites for hydroxylation is 1. The summed E-state index contributed by atoms with van der Waals surface area (Å²) in [6, 6.07) is 16.7. The molecule has 118 valence electrons. The molecule has 0 aliphatic heterocycles. The molecule has 0 aliphatic rings. The van der Waals surface area contributed by atoms with E-state index in [0.717, 1.165) is 36.2 Å². The molecule has 3 rings (SSSR count). The summed E-state index contributed by atoms with van der Waals surface area (Å²) in [7, 11) is 2.12. The van der Waals surface area contributed by atoms with Gasteiger partial charge in [-0.25, -0.2) is 9.97 Å². The van der Waals surface area contributed by atoms with Gasteiger partial charge < -0.3 is 10.2 Å². The average Bonchev–Trinajstić information content (AvgIpc) is 2.59. The van der Waals surface area contributed by atoms with Crippen molar-refractivity contribution in [3.05, 3.63) is 60.4 Å². The second-order valence-corrected chi connectivity index (χ2v) is 5.78. The van der Waals surface area contributed by atoms with E-state index in [-0.39, 0.29) is 0 Å². The standard InChI is InChI=1S/C19H22N4/c1-15-9-10-18-17(13-15)19(22-14-21-18)20-11-6-12-23(2)16-7-4-3-5-8-16/h3-5,7-10,13-14H,6,11-12H2,1-2H3,(H,20,21,22). The molecule has 1 N–H and O–H groups in total.